The number of aliphatic hydroxyl groups is 3. The highest BCUT2D eigenvalue weighted by Crippen LogP contribution is 2.75. The molecule has 198 valence electrons. The fourth-order valence-electron chi connectivity index (χ4n) is 10.8. The van der Waals surface area contributed by atoms with Crippen molar-refractivity contribution >= 4 is 5.97 Å². The average Bonchev–Trinajstić information content (AvgIpc) is 2.77. The SMILES string of the molecule is CC1(C)CC[C@]2(C(=O)O)CC[C@]3(C)C(=CCC4[C@@]5(C)C[C@@H](O)[C@H](O)[C@](C)(CO)C5CC[C@]43C)C2C1. The molecule has 5 nitrogen and oxygen atoms in total. The van der Waals surface area contributed by atoms with Crippen molar-refractivity contribution in [3.8, 4) is 0 Å². The van der Waals surface area contributed by atoms with Crippen molar-refractivity contribution in [3.63, 3.8) is 0 Å². The molecule has 4 saturated carbocycles. The molecular weight excluding hydrogens is 440 g/mol. The van der Waals surface area contributed by atoms with Gasteiger partial charge in [0.05, 0.1) is 24.2 Å². The van der Waals surface area contributed by atoms with Crippen LogP contribution in [0.3, 0.4) is 0 Å². The fraction of sp³-hybridized carbons (Fsp3) is 0.900. The van der Waals surface area contributed by atoms with Gasteiger partial charge in [-0.1, -0.05) is 53.2 Å². The van der Waals surface area contributed by atoms with Gasteiger partial charge in [0, 0.05) is 5.41 Å². The van der Waals surface area contributed by atoms with Gasteiger partial charge in [0.15, 0.2) is 0 Å². The number of rotatable bonds is 2. The van der Waals surface area contributed by atoms with Crippen molar-refractivity contribution in [3.05, 3.63) is 11.6 Å². The van der Waals surface area contributed by atoms with Gasteiger partial charge in [-0.25, -0.2) is 0 Å². The van der Waals surface area contributed by atoms with Crippen LogP contribution < -0.4 is 0 Å². The van der Waals surface area contributed by atoms with Crippen molar-refractivity contribution in [2.75, 3.05) is 6.61 Å². The third-order valence-electron chi connectivity index (χ3n) is 13.2. The Hall–Kier alpha value is -0.910. The van der Waals surface area contributed by atoms with E-state index in [0.717, 1.165) is 51.4 Å². The lowest BCUT2D eigenvalue weighted by Crippen LogP contribution is -2.68. The largest absolute Gasteiger partial charge is 0.481 e. The van der Waals surface area contributed by atoms with E-state index in [4.69, 9.17) is 0 Å². The van der Waals surface area contributed by atoms with Crippen molar-refractivity contribution in [1.29, 1.82) is 0 Å². The number of carbonyl (C=O) groups is 1. The maximum absolute atomic E-state index is 12.8. The van der Waals surface area contributed by atoms with E-state index in [1.54, 1.807) is 0 Å². The predicted molar refractivity (Wildman–Crippen MR) is 135 cm³/mol. The van der Waals surface area contributed by atoms with Gasteiger partial charge in [-0.05, 0) is 97.2 Å². The van der Waals surface area contributed by atoms with Crippen LogP contribution in [0.2, 0.25) is 0 Å². The zero-order valence-corrected chi connectivity index (χ0v) is 22.7. The first-order valence-electron chi connectivity index (χ1n) is 14.0. The van der Waals surface area contributed by atoms with Crippen LogP contribution in [0, 0.1) is 50.2 Å². The van der Waals surface area contributed by atoms with Crippen LogP contribution >= 0.6 is 0 Å². The molecule has 0 aromatic rings. The van der Waals surface area contributed by atoms with Gasteiger partial charge in [-0.15, -0.1) is 0 Å². The van der Waals surface area contributed by atoms with E-state index < -0.39 is 29.0 Å². The van der Waals surface area contributed by atoms with Crippen molar-refractivity contribution < 1.29 is 25.2 Å². The summed E-state index contributed by atoms with van der Waals surface area (Å²) in [5.41, 5.74) is -0.0632. The highest BCUT2D eigenvalue weighted by Gasteiger charge is 2.70. The molecule has 0 bridgehead atoms. The van der Waals surface area contributed by atoms with Gasteiger partial charge >= 0.3 is 5.97 Å². The van der Waals surface area contributed by atoms with Gasteiger partial charge in [0.1, 0.15) is 0 Å². The van der Waals surface area contributed by atoms with E-state index >= 15 is 0 Å². The molecule has 0 spiro atoms. The molecule has 5 aliphatic carbocycles. The van der Waals surface area contributed by atoms with Crippen LogP contribution in [-0.2, 0) is 4.79 Å². The minimum absolute atomic E-state index is 0.00698. The number of allylic oxidation sites excluding steroid dienone is 2. The number of hydrogen-bond donors (Lipinski definition) is 4. The lowest BCUT2D eigenvalue weighted by molar-refractivity contribution is -0.243. The molecule has 3 unspecified atom stereocenters. The smallest absolute Gasteiger partial charge is 0.310 e. The summed E-state index contributed by atoms with van der Waals surface area (Å²) in [6.07, 6.45) is 8.40. The van der Waals surface area contributed by atoms with Crippen LogP contribution in [0.5, 0.6) is 0 Å². The number of carboxylic acid groups (broad SMARTS) is 1. The summed E-state index contributed by atoms with van der Waals surface area (Å²) in [6.45, 7) is 13.6. The van der Waals surface area contributed by atoms with Gasteiger partial charge < -0.3 is 20.4 Å². The second-order valence-corrected chi connectivity index (χ2v) is 15.1. The first-order chi connectivity index (χ1) is 16.1. The van der Waals surface area contributed by atoms with Crippen molar-refractivity contribution in [1.82, 2.24) is 0 Å². The molecule has 10 atom stereocenters. The maximum atomic E-state index is 12.8. The highest BCUT2D eigenvalue weighted by atomic mass is 16.4. The summed E-state index contributed by atoms with van der Waals surface area (Å²) in [5.74, 6) is -0.0472. The Labute approximate surface area is 211 Å². The standard InChI is InChI=1S/C30H48O5/c1-25(2)11-13-30(24(34)35)14-12-28(5)18(19(30)15-25)7-8-22-26(3)16-20(32)23(33)27(4,17-31)21(26)9-10-29(22,28)6/h7,19-23,31-33H,8-17H2,1-6H3,(H,34,35)/t19?,20-,21?,22?,23+,26+,27-,28-,29-,30+/m1/s1. The molecule has 0 heterocycles. The van der Waals surface area contributed by atoms with Crippen LogP contribution in [0.25, 0.3) is 0 Å². The summed E-state index contributed by atoms with van der Waals surface area (Å²) >= 11 is 0. The number of fused-ring (bicyclic) bond motifs is 7. The molecule has 0 aromatic heterocycles. The van der Waals surface area contributed by atoms with Crippen molar-refractivity contribution in [2.24, 2.45) is 50.2 Å². The Morgan fingerprint density at radius 3 is 2.23 bits per heavy atom. The third kappa shape index (κ3) is 3.07. The first kappa shape index (κ1) is 25.7. The van der Waals surface area contributed by atoms with Crippen LogP contribution in [0.1, 0.15) is 99.3 Å². The highest BCUT2D eigenvalue weighted by molar-refractivity contribution is 5.76. The number of aliphatic carboxylic acids is 1. The molecular formula is C30H48O5. The Morgan fingerprint density at radius 1 is 0.943 bits per heavy atom. The van der Waals surface area contributed by atoms with Crippen LogP contribution in [-0.4, -0.2) is 45.2 Å². The lowest BCUT2D eigenvalue weighted by atomic mass is 9.33. The van der Waals surface area contributed by atoms with Gasteiger partial charge in [0.2, 0.25) is 0 Å². The normalized spacial score (nSPS) is 55.0. The van der Waals surface area contributed by atoms with E-state index in [2.05, 4.69) is 40.7 Å². The second kappa shape index (κ2) is 7.57. The first-order valence-corrected chi connectivity index (χ1v) is 14.0. The maximum Gasteiger partial charge on any atom is 0.310 e. The quantitative estimate of drug-likeness (QED) is 0.402. The lowest BCUT2D eigenvalue weighted by Gasteiger charge is -2.71. The Bertz CT molecular complexity index is 941. The molecule has 0 aromatic carbocycles. The van der Waals surface area contributed by atoms with Gasteiger partial charge in [-0.2, -0.15) is 0 Å². The summed E-state index contributed by atoms with van der Waals surface area (Å²) in [4.78, 5) is 12.8. The topological polar surface area (TPSA) is 98.0 Å². The van der Waals surface area contributed by atoms with Crippen molar-refractivity contribution in [2.45, 2.75) is 112 Å². The molecule has 0 saturated heterocycles. The Kier molecular flexibility index (Phi) is 5.56. The van der Waals surface area contributed by atoms with Gasteiger partial charge in [-0.3, -0.25) is 4.79 Å². The zero-order valence-electron chi connectivity index (χ0n) is 22.7. The third-order valence-corrected chi connectivity index (χ3v) is 13.2. The molecule has 0 aliphatic heterocycles. The minimum Gasteiger partial charge on any atom is -0.481 e. The van der Waals surface area contributed by atoms with E-state index in [0.29, 0.717) is 12.3 Å². The minimum atomic E-state index is -0.907. The van der Waals surface area contributed by atoms with E-state index in [9.17, 15) is 25.2 Å². The predicted octanol–water partition coefficient (Wildman–Crippen LogP) is 5.18. The Balaban J connectivity index is 1.61. The Morgan fingerprint density at radius 2 is 1.60 bits per heavy atom. The summed E-state index contributed by atoms with van der Waals surface area (Å²) in [6, 6.07) is 0. The molecule has 4 N–H and O–H groups in total. The molecule has 5 heteroatoms. The summed E-state index contributed by atoms with van der Waals surface area (Å²) in [7, 11) is 0. The van der Waals surface area contributed by atoms with Gasteiger partial charge in [0.25, 0.3) is 0 Å². The molecule has 0 amide bonds. The number of hydrogen-bond acceptors (Lipinski definition) is 4. The fourth-order valence-corrected chi connectivity index (χ4v) is 10.8. The molecule has 35 heavy (non-hydrogen) atoms. The molecule has 0 radical (unpaired) electrons. The molecule has 5 aliphatic rings. The van der Waals surface area contributed by atoms with E-state index in [1.165, 1.54) is 5.57 Å². The van der Waals surface area contributed by atoms with E-state index in [-0.39, 0.29) is 40.1 Å². The summed E-state index contributed by atoms with van der Waals surface area (Å²) in [5, 5.41) is 42.8. The average molecular weight is 489 g/mol. The second-order valence-electron chi connectivity index (χ2n) is 15.1. The molecule has 5 rings (SSSR count). The van der Waals surface area contributed by atoms with Crippen LogP contribution in [0.15, 0.2) is 11.6 Å². The summed E-state index contributed by atoms with van der Waals surface area (Å²) < 4.78 is 0. The number of aliphatic hydroxyl groups excluding tert-OH is 3. The number of carboxylic acids is 1. The zero-order chi connectivity index (χ0) is 25.8. The monoisotopic (exact) mass is 488 g/mol. The van der Waals surface area contributed by atoms with Crippen LogP contribution in [0.4, 0.5) is 0 Å². The molecule has 4 fully saturated rings. The van der Waals surface area contributed by atoms with E-state index in [1.807, 2.05) is 6.92 Å².